The number of fused-ring (bicyclic) bond motifs is 1. The van der Waals surface area contributed by atoms with Gasteiger partial charge in [-0.05, 0) is 36.6 Å². The summed E-state index contributed by atoms with van der Waals surface area (Å²) in [5.74, 6) is 0.0765. The monoisotopic (exact) mass is 440 g/mol. The molecular formula is C23H25BrN2O2. The van der Waals surface area contributed by atoms with Gasteiger partial charge in [0.25, 0.3) is 0 Å². The van der Waals surface area contributed by atoms with E-state index < -0.39 is 0 Å². The van der Waals surface area contributed by atoms with Crippen molar-refractivity contribution in [1.82, 2.24) is 9.47 Å². The molecule has 3 aromatic rings. The number of rotatable bonds is 7. The minimum atomic E-state index is -0.0172. The van der Waals surface area contributed by atoms with E-state index >= 15 is 0 Å². The van der Waals surface area contributed by atoms with Crippen molar-refractivity contribution in [2.75, 3.05) is 13.1 Å². The maximum Gasteiger partial charge on any atom is 0.242 e. The molecule has 0 unspecified atom stereocenters. The number of nitrogens with zero attached hydrogens (tertiary/aromatic N) is 2. The summed E-state index contributed by atoms with van der Waals surface area (Å²) in [6, 6.07) is 15.2. The number of aromatic nitrogens is 1. The first-order valence-corrected chi connectivity index (χ1v) is 10.5. The molecule has 2 aromatic carbocycles. The van der Waals surface area contributed by atoms with Gasteiger partial charge in [0.05, 0.1) is 5.52 Å². The van der Waals surface area contributed by atoms with Gasteiger partial charge < -0.3 is 9.47 Å². The van der Waals surface area contributed by atoms with Gasteiger partial charge in [-0.2, -0.15) is 0 Å². The number of hydrogen-bond acceptors (Lipinski definition) is 2. The first-order chi connectivity index (χ1) is 13.5. The Balaban J connectivity index is 2.12. The molecule has 0 saturated heterocycles. The quantitative estimate of drug-likeness (QED) is 0.513. The van der Waals surface area contributed by atoms with E-state index in [1.807, 2.05) is 64.2 Å². The zero-order valence-corrected chi connectivity index (χ0v) is 17.9. The van der Waals surface area contributed by atoms with Crippen LogP contribution >= 0.6 is 15.9 Å². The van der Waals surface area contributed by atoms with Crippen LogP contribution in [0.1, 0.15) is 26.7 Å². The maximum absolute atomic E-state index is 13.1. The van der Waals surface area contributed by atoms with Crippen molar-refractivity contribution in [3.8, 4) is 11.1 Å². The third-order valence-corrected chi connectivity index (χ3v) is 5.27. The molecule has 0 radical (unpaired) electrons. The molecule has 1 aromatic heterocycles. The van der Waals surface area contributed by atoms with Crippen LogP contribution in [0.15, 0.2) is 64.0 Å². The van der Waals surface area contributed by atoms with E-state index in [-0.39, 0.29) is 17.9 Å². The van der Waals surface area contributed by atoms with Gasteiger partial charge in [-0.3, -0.25) is 9.59 Å². The molecule has 28 heavy (non-hydrogen) atoms. The highest BCUT2D eigenvalue weighted by atomic mass is 79.9. The number of carbonyl (C=O) groups excluding carboxylic acids is 1. The Labute approximate surface area is 173 Å². The smallest absolute Gasteiger partial charge is 0.242 e. The highest BCUT2D eigenvalue weighted by molar-refractivity contribution is 9.10. The summed E-state index contributed by atoms with van der Waals surface area (Å²) in [4.78, 5) is 28.0. The molecule has 5 heteroatoms. The highest BCUT2D eigenvalue weighted by Gasteiger charge is 2.16. The standard InChI is InChI=1S/C23H25BrN2O2/c1-3-12-25(13-4-2)22(27)16-26-15-20(17-8-6-5-7-9-17)23(28)19-11-10-18(24)14-21(19)26/h5-11,14-15H,3-4,12-13,16H2,1-2H3. The number of hydrogen-bond donors (Lipinski definition) is 0. The van der Waals surface area contributed by atoms with Crippen molar-refractivity contribution in [3.63, 3.8) is 0 Å². The predicted octanol–water partition coefficient (Wildman–Crippen LogP) is 5.08. The molecule has 0 aliphatic carbocycles. The molecule has 146 valence electrons. The molecule has 0 fully saturated rings. The Morgan fingerprint density at radius 2 is 1.71 bits per heavy atom. The van der Waals surface area contributed by atoms with Gasteiger partial charge in [-0.1, -0.05) is 60.1 Å². The van der Waals surface area contributed by atoms with Gasteiger partial charge >= 0.3 is 0 Å². The van der Waals surface area contributed by atoms with E-state index in [0.717, 1.165) is 41.5 Å². The van der Waals surface area contributed by atoms with Gasteiger partial charge in [0.1, 0.15) is 6.54 Å². The maximum atomic E-state index is 13.1. The summed E-state index contributed by atoms with van der Waals surface area (Å²) in [6.07, 6.45) is 3.68. The Bertz CT molecular complexity index is 1020. The molecule has 0 saturated carbocycles. The fourth-order valence-electron chi connectivity index (χ4n) is 3.46. The van der Waals surface area contributed by atoms with Crippen molar-refractivity contribution in [1.29, 1.82) is 0 Å². The van der Waals surface area contributed by atoms with Crippen molar-refractivity contribution >= 4 is 32.7 Å². The molecule has 0 N–H and O–H groups in total. The average molecular weight is 441 g/mol. The summed E-state index contributed by atoms with van der Waals surface area (Å²) in [7, 11) is 0. The Morgan fingerprint density at radius 1 is 1.04 bits per heavy atom. The lowest BCUT2D eigenvalue weighted by molar-refractivity contribution is -0.131. The number of carbonyl (C=O) groups is 1. The number of amides is 1. The summed E-state index contributed by atoms with van der Waals surface area (Å²) in [5, 5.41) is 0.620. The zero-order valence-electron chi connectivity index (χ0n) is 16.3. The Morgan fingerprint density at radius 3 is 2.36 bits per heavy atom. The lowest BCUT2D eigenvalue weighted by Crippen LogP contribution is -2.35. The minimum absolute atomic E-state index is 0.0172. The fourth-order valence-corrected chi connectivity index (χ4v) is 3.81. The summed E-state index contributed by atoms with van der Waals surface area (Å²) in [5.41, 5.74) is 2.22. The molecule has 0 bridgehead atoms. The van der Waals surface area contributed by atoms with Crippen molar-refractivity contribution in [3.05, 3.63) is 69.4 Å². The molecule has 0 aliphatic heterocycles. The molecule has 0 spiro atoms. The molecule has 0 aliphatic rings. The first kappa shape index (κ1) is 20.3. The predicted molar refractivity (Wildman–Crippen MR) is 119 cm³/mol. The second kappa shape index (κ2) is 9.20. The van der Waals surface area contributed by atoms with Crippen LogP contribution in [0.3, 0.4) is 0 Å². The highest BCUT2D eigenvalue weighted by Crippen LogP contribution is 2.23. The summed E-state index contributed by atoms with van der Waals surface area (Å²) in [6.45, 7) is 5.87. The van der Waals surface area contributed by atoms with Crippen LogP contribution in [0.25, 0.3) is 22.0 Å². The van der Waals surface area contributed by atoms with Crippen LogP contribution in [0.2, 0.25) is 0 Å². The number of halogens is 1. The zero-order chi connectivity index (χ0) is 20.1. The largest absolute Gasteiger partial charge is 0.341 e. The lowest BCUT2D eigenvalue weighted by Gasteiger charge is -2.23. The van der Waals surface area contributed by atoms with Crippen LogP contribution in [-0.4, -0.2) is 28.5 Å². The summed E-state index contributed by atoms with van der Waals surface area (Å²) >= 11 is 3.49. The van der Waals surface area contributed by atoms with Gasteiger partial charge in [-0.25, -0.2) is 0 Å². The van der Waals surface area contributed by atoms with Crippen LogP contribution in [-0.2, 0) is 11.3 Å². The molecule has 1 heterocycles. The molecule has 0 atom stereocenters. The molecule has 1 amide bonds. The van der Waals surface area contributed by atoms with E-state index in [1.54, 1.807) is 0 Å². The minimum Gasteiger partial charge on any atom is -0.341 e. The first-order valence-electron chi connectivity index (χ1n) is 9.71. The molecular weight excluding hydrogens is 416 g/mol. The van der Waals surface area contributed by atoms with E-state index in [9.17, 15) is 9.59 Å². The Hall–Kier alpha value is -2.40. The van der Waals surface area contributed by atoms with E-state index in [2.05, 4.69) is 29.8 Å². The van der Waals surface area contributed by atoms with Crippen LogP contribution in [0, 0.1) is 0 Å². The fraction of sp³-hybridized carbons (Fsp3) is 0.304. The third-order valence-electron chi connectivity index (χ3n) is 4.77. The molecule has 3 rings (SSSR count). The van der Waals surface area contributed by atoms with E-state index in [0.29, 0.717) is 10.9 Å². The van der Waals surface area contributed by atoms with Gasteiger partial charge in [0.15, 0.2) is 5.43 Å². The SMILES string of the molecule is CCCN(CCC)C(=O)Cn1cc(-c2ccccc2)c(=O)c2ccc(Br)cc21. The average Bonchev–Trinajstić information content (AvgIpc) is 2.70. The van der Waals surface area contributed by atoms with Crippen molar-refractivity contribution in [2.45, 2.75) is 33.2 Å². The topological polar surface area (TPSA) is 42.3 Å². The second-order valence-corrected chi connectivity index (χ2v) is 7.82. The van der Waals surface area contributed by atoms with E-state index in [1.165, 1.54) is 0 Å². The van der Waals surface area contributed by atoms with Gasteiger partial charge in [0.2, 0.25) is 5.91 Å². The number of pyridine rings is 1. The van der Waals surface area contributed by atoms with Gasteiger partial charge in [0, 0.05) is 34.7 Å². The Kier molecular flexibility index (Phi) is 6.68. The van der Waals surface area contributed by atoms with Crippen LogP contribution in [0.4, 0.5) is 0 Å². The normalized spacial score (nSPS) is 11.0. The van der Waals surface area contributed by atoms with Crippen LogP contribution < -0.4 is 5.43 Å². The van der Waals surface area contributed by atoms with Crippen molar-refractivity contribution in [2.24, 2.45) is 0 Å². The lowest BCUT2D eigenvalue weighted by atomic mass is 10.0. The van der Waals surface area contributed by atoms with E-state index in [4.69, 9.17) is 0 Å². The van der Waals surface area contributed by atoms with Crippen molar-refractivity contribution < 1.29 is 4.79 Å². The summed E-state index contributed by atoms with van der Waals surface area (Å²) < 4.78 is 2.79. The van der Waals surface area contributed by atoms with Gasteiger partial charge in [-0.15, -0.1) is 0 Å². The third kappa shape index (κ3) is 4.36. The second-order valence-electron chi connectivity index (χ2n) is 6.91. The number of benzene rings is 2. The van der Waals surface area contributed by atoms with Crippen LogP contribution in [0.5, 0.6) is 0 Å². The molecule has 4 nitrogen and oxygen atoms in total.